The Balaban J connectivity index is 1.79. The largest absolute Gasteiger partial charge is 0.329 e. The van der Waals surface area contributed by atoms with E-state index in [-0.39, 0.29) is 17.5 Å². The first-order valence-electron chi connectivity index (χ1n) is 9.24. The lowest BCUT2D eigenvalue weighted by atomic mass is 10.1. The molecule has 1 aliphatic rings. The molecule has 0 radical (unpaired) electrons. The van der Waals surface area contributed by atoms with Gasteiger partial charge in [-0.2, -0.15) is 0 Å². The molecule has 0 spiro atoms. The van der Waals surface area contributed by atoms with Crippen LogP contribution in [0.25, 0.3) is 0 Å². The minimum absolute atomic E-state index is 0.0266. The van der Waals surface area contributed by atoms with E-state index in [0.717, 1.165) is 29.8 Å². The van der Waals surface area contributed by atoms with Crippen molar-refractivity contribution < 1.29 is 8.42 Å². The smallest absolute Gasteiger partial charge is 0.209 e. The highest BCUT2D eigenvalue weighted by Crippen LogP contribution is 2.31. The molecule has 10 heteroatoms. The molecule has 1 aliphatic heterocycles. The fraction of sp³-hybridized carbons (Fsp3) is 0.556. The van der Waals surface area contributed by atoms with Gasteiger partial charge in [-0.15, -0.1) is 5.10 Å². The molecule has 1 N–H and O–H groups in total. The molecule has 2 aromatic rings. The monoisotopic (exact) mass is 460 g/mol. The molecular weight excluding hydrogens is 436 g/mol. The van der Waals surface area contributed by atoms with Gasteiger partial charge in [0.1, 0.15) is 0 Å². The van der Waals surface area contributed by atoms with Crippen molar-refractivity contribution in [3.8, 4) is 0 Å². The Hall–Kier alpha value is -1.00. The molecule has 0 aliphatic carbocycles. The molecular formula is C18H25ClN4O2S3. The van der Waals surface area contributed by atoms with Gasteiger partial charge in [-0.3, -0.25) is 4.90 Å². The summed E-state index contributed by atoms with van der Waals surface area (Å²) in [5.41, 5.74) is 2.98. The van der Waals surface area contributed by atoms with Crippen molar-refractivity contribution in [2.24, 2.45) is 0 Å². The van der Waals surface area contributed by atoms with Gasteiger partial charge in [0, 0.05) is 6.04 Å². The summed E-state index contributed by atoms with van der Waals surface area (Å²) in [5.74, 6) is 0.478. The van der Waals surface area contributed by atoms with Crippen LogP contribution in [0, 0.1) is 17.8 Å². The average Bonchev–Trinajstić information content (AvgIpc) is 3.12. The van der Waals surface area contributed by atoms with Gasteiger partial charge in [0.05, 0.1) is 28.9 Å². The van der Waals surface area contributed by atoms with E-state index in [1.165, 1.54) is 11.3 Å². The molecule has 154 valence electrons. The van der Waals surface area contributed by atoms with E-state index in [1.54, 1.807) is 4.68 Å². The summed E-state index contributed by atoms with van der Waals surface area (Å²) in [4.78, 5) is 2.17. The first-order chi connectivity index (χ1) is 13.2. The van der Waals surface area contributed by atoms with Crippen molar-refractivity contribution in [2.45, 2.75) is 46.3 Å². The van der Waals surface area contributed by atoms with Crippen molar-refractivity contribution in [1.29, 1.82) is 0 Å². The minimum Gasteiger partial charge on any atom is -0.329 e. The van der Waals surface area contributed by atoms with Gasteiger partial charge in [-0.05, 0) is 62.6 Å². The topological polar surface area (TPSA) is 67.2 Å². The summed E-state index contributed by atoms with van der Waals surface area (Å²) in [6, 6.07) is 4.00. The molecule has 1 aromatic heterocycles. The van der Waals surface area contributed by atoms with E-state index < -0.39 is 9.84 Å². The Labute approximate surface area is 180 Å². The Bertz CT molecular complexity index is 993. The van der Waals surface area contributed by atoms with Crippen LogP contribution in [0.15, 0.2) is 12.1 Å². The van der Waals surface area contributed by atoms with Crippen LogP contribution < -0.4 is 5.32 Å². The number of halogens is 1. The number of benzene rings is 1. The Morgan fingerprint density at radius 3 is 2.79 bits per heavy atom. The first kappa shape index (κ1) is 21.7. The zero-order valence-corrected chi connectivity index (χ0v) is 19.4. The number of anilines is 2. The fourth-order valence-corrected chi connectivity index (χ4v) is 6.65. The molecule has 1 aromatic carbocycles. The summed E-state index contributed by atoms with van der Waals surface area (Å²) in [6.45, 7) is 7.40. The Morgan fingerprint density at radius 2 is 2.18 bits per heavy atom. The average molecular weight is 461 g/mol. The molecule has 0 bridgehead atoms. The quantitative estimate of drug-likeness (QED) is 0.611. The van der Waals surface area contributed by atoms with E-state index in [4.69, 9.17) is 23.8 Å². The predicted molar refractivity (Wildman–Crippen MR) is 119 cm³/mol. The summed E-state index contributed by atoms with van der Waals surface area (Å²) < 4.78 is 26.2. The van der Waals surface area contributed by atoms with Gasteiger partial charge < -0.3 is 5.32 Å². The van der Waals surface area contributed by atoms with E-state index in [0.29, 0.717) is 27.2 Å². The molecule has 3 rings (SSSR count). The highest BCUT2D eigenvalue weighted by atomic mass is 35.5. The number of hydrogen-bond acceptors (Lipinski definition) is 7. The zero-order valence-electron chi connectivity index (χ0n) is 16.2. The second-order valence-corrected chi connectivity index (χ2v) is 11.5. The van der Waals surface area contributed by atoms with Crippen LogP contribution in [0.5, 0.6) is 0 Å². The summed E-state index contributed by atoms with van der Waals surface area (Å²) >= 11 is 13.3. The highest BCUT2D eigenvalue weighted by molar-refractivity contribution is 7.91. The molecule has 1 atom stereocenters. The van der Waals surface area contributed by atoms with Crippen molar-refractivity contribution in [2.75, 3.05) is 23.4 Å². The highest BCUT2D eigenvalue weighted by Gasteiger charge is 2.32. The zero-order chi connectivity index (χ0) is 20.5. The van der Waals surface area contributed by atoms with E-state index in [9.17, 15) is 8.42 Å². The molecule has 1 saturated heterocycles. The molecule has 0 unspecified atom stereocenters. The maximum atomic E-state index is 11.9. The van der Waals surface area contributed by atoms with Crippen LogP contribution in [-0.4, -0.2) is 47.2 Å². The second-order valence-electron chi connectivity index (χ2n) is 7.25. The number of nitrogens with one attached hydrogen (secondary N) is 1. The number of nitrogens with zero attached hydrogens (tertiary/aromatic N) is 3. The maximum Gasteiger partial charge on any atom is 0.209 e. The number of aryl methyl sites for hydroxylation is 2. The number of aromatic nitrogens is 2. The van der Waals surface area contributed by atoms with Crippen molar-refractivity contribution in [1.82, 2.24) is 14.7 Å². The number of hydrogen-bond donors (Lipinski definition) is 1. The first-order valence-corrected chi connectivity index (χ1v) is 12.7. The normalized spacial score (nSPS) is 18.7. The van der Waals surface area contributed by atoms with Gasteiger partial charge >= 0.3 is 0 Å². The fourth-order valence-electron chi connectivity index (χ4n) is 3.52. The van der Waals surface area contributed by atoms with Crippen molar-refractivity contribution in [3.05, 3.63) is 32.2 Å². The lowest BCUT2D eigenvalue weighted by molar-refractivity contribution is 0.156. The summed E-state index contributed by atoms with van der Waals surface area (Å²) in [5, 5.41) is 9.22. The molecule has 1 fully saturated rings. The molecule has 2 heterocycles. The molecule has 0 amide bonds. The van der Waals surface area contributed by atoms with Crippen LogP contribution in [0.2, 0.25) is 5.02 Å². The van der Waals surface area contributed by atoms with Crippen LogP contribution in [-0.2, 0) is 16.5 Å². The lowest BCUT2D eigenvalue weighted by Crippen LogP contribution is -2.38. The predicted octanol–water partition coefficient (Wildman–Crippen LogP) is 4.54. The number of sulfone groups is 1. The van der Waals surface area contributed by atoms with Crippen LogP contribution >= 0.6 is 35.2 Å². The lowest BCUT2D eigenvalue weighted by Gasteiger charge is -2.27. The van der Waals surface area contributed by atoms with Gasteiger partial charge in [0.2, 0.25) is 5.13 Å². The van der Waals surface area contributed by atoms with Crippen LogP contribution in [0.1, 0.15) is 30.9 Å². The Kier molecular flexibility index (Phi) is 6.81. The van der Waals surface area contributed by atoms with E-state index in [1.807, 2.05) is 19.9 Å². The van der Waals surface area contributed by atoms with E-state index >= 15 is 0 Å². The second kappa shape index (κ2) is 8.79. The Morgan fingerprint density at radius 1 is 1.43 bits per heavy atom. The third kappa shape index (κ3) is 5.13. The van der Waals surface area contributed by atoms with Gasteiger partial charge in [0.25, 0.3) is 0 Å². The summed E-state index contributed by atoms with van der Waals surface area (Å²) in [6.07, 6.45) is 1.61. The van der Waals surface area contributed by atoms with Crippen LogP contribution in [0.4, 0.5) is 10.8 Å². The minimum atomic E-state index is -2.93. The number of rotatable bonds is 7. The molecule has 28 heavy (non-hydrogen) atoms. The third-order valence-electron chi connectivity index (χ3n) is 4.82. The maximum absolute atomic E-state index is 11.9. The van der Waals surface area contributed by atoms with Crippen molar-refractivity contribution >= 4 is 55.8 Å². The summed E-state index contributed by atoms with van der Waals surface area (Å²) in [7, 11) is -2.93. The molecule has 6 nitrogen and oxygen atoms in total. The van der Waals surface area contributed by atoms with Gasteiger partial charge in [-0.1, -0.05) is 35.9 Å². The standard InChI is InChI=1S/C18H25ClN4O2S3/c1-4-6-22(14-5-7-28(24,25)10-14)11-23-18(26)27-17(21-23)20-16-13(3)8-12(2)9-15(16)19/h8-9,14H,4-7,10-11H2,1-3H3,(H,20,21)/t14-/m0/s1. The van der Waals surface area contributed by atoms with Crippen molar-refractivity contribution in [3.63, 3.8) is 0 Å². The van der Waals surface area contributed by atoms with Gasteiger partial charge in [0.15, 0.2) is 13.8 Å². The molecule has 0 saturated carbocycles. The van der Waals surface area contributed by atoms with Gasteiger partial charge in [-0.25, -0.2) is 13.1 Å². The van der Waals surface area contributed by atoms with E-state index in [2.05, 4.69) is 28.3 Å². The third-order valence-corrected chi connectivity index (χ3v) is 8.09. The van der Waals surface area contributed by atoms with Crippen LogP contribution in [0.3, 0.4) is 0 Å². The SMILES string of the molecule is CCCN(Cn1nc(Nc2c(C)cc(C)cc2Cl)sc1=S)[C@H]1CCS(=O)(=O)C1.